The average molecular weight is 730 g/mol. The molecule has 0 aromatic heterocycles. The molecule has 0 radical (unpaired) electrons. The molecule has 2 amide bonds. The number of carbonyl (C=O) groups is 2. The van der Waals surface area contributed by atoms with E-state index < -0.39 is 23.5 Å². The third-order valence-corrected chi connectivity index (χ3v) is 11.3. The van der Waals surface area contributed by atoms with Crippen molar-refractivity contribution < 1.29 is 30.0 Å². The van der Waals surface area contributed by atoms with Gasteiger partial charge in [0, 0.05) is 61.4 Å². The van der Waals surface area contributed by atoms with Crippen molar-refractivity contribution in [1.29, 1.82) is 0 Å². The quantitative estimate of drug-likeness (QED) is 0.103. The number of hydrogen-bond donors (Lipinski definition) is 4. The zero-order valence-electron chi connectivity index (χ0n) is 31.9. The van der Waals surface area contributed by atoms with Gasteiger partial charge < -0.3 is 30.2 Å². The van der Waals surface area contributed by atoms with Gasteiger partial charge in [-0.1, -0.05) is 91.2 Å². The lowest BCUT2D eigenvalue weighted by Gasteiger charge is -2.43. The van der Waals surface area contributed by atoms with Crippen molar-refractivity contribution in [1.82, 2.24) is 9.80 Å². The first kappa shape index (κ1) is 41.8. The molecule has 0 bridgehead atoms. The van der Waals surface area contributed by atoms with Crippen molar-refractivity contribution in [2.75, 3.05) is 39.5 Å². The van der Waals surface area contributed by atoms with Crippen LogP contribution < -0.4 is 0 Å². The summed E-state index contributed by atoms with van der Waals surface area (Å²) in [5, 5.41) is 44.5. The number of benzene rings is 3. The standard InChI is InChI=1S/C43H59N3O7/c1-5-43(21-11-12-22-43)46(26-32(28-47)25-44-53)40(51)38-16-10-9-13-34(38)19-20-37(50)24-35-18-17-31(2)23-39(35)41(52)45(27-33(29-48)30-49)42(3,4)36-14-7-6-8-15-36/h6-10,13-18,23,32-33,37,47-50H,5,11-12,19-22,24-30H2,1-4H3. The van der Waals surface area contributed by atoms with E-state index in [9.17, 15) is 34.9 Å². The Balaban J connectivity index is 1.58. The minimum atomic E-state index is -0.823. The van der Waals surface area contributed by atoms with Crippen molar-refractivity contribution in [3.63, 3.8) is 0 Å². The third kappa shape index (κ3) is 10.2. The Kier molecular flexibility index (Phi) is 15.3. The van der Waals surface area contributed by atoms with E-state index in [4.69, 9.17) is 0 Å². The van der Waals surface area contributed by atoms with E-state index in [1.165, 1.54) is 0 Å². The Morgan fingerprint density at radius 3 is 2.09 bits per heavy atom. The Labute approximate surface area is 314 Å². The van der Waals surface area contributed by atoms with Crippen molar-refractivity contribution >= 4 is 11.8 Å². The molecular weight excluding hydrogens is 670 g/mol. The van der Waals surface area contributed by atoms with Gasteiger partial charge in [0.2, 0.25) is 0 Å². The molecule has 4 N–H and O–H groups in total. The molecule has 1 aliphatic rings. The van der Waals surface area contributed by atoms with Crippen molar-refractivity contribution in [3.05, 3.63) is 111 Å². The topological polar surface area (TPSA) is 151 Å². The molecule has 2 atom stereocenters. The van der Waals surface area contributed by atoms with Crippen LogP contribution in [0, 0.1) is 23.7 Å². The molecule has 0 saturated heterocycles. The molecule has 3 aromatic carbocycles. The van der Waals surface area contributed by atoms with Gasteiger partial charge in [-0.15, -0.1) is 0 Å². The number of nitroso groups, excluding NO2 is 1. The van der Waals surface area contributed by atoms with Crippen LogP contribution in [-0.4, -0.2) is 93.1 Å². The third-order valence-electron chi connectivity index (χ3n) is 11.3. The summed E-state index contributed by atoms with van der Waals surface area (Å²) in [6.07, 6.45) is 4.66. The van der Waals surface area contributed by atoms with Gasteiger partial charge in [-0.05, 0) is 88.1 Å². The van der Waals surface area contributed by atoms with Crippen LogP contribution >= 0.6 is 0 Å². The maximum atomic E-state index is 14.5. The maximum Gasteiger partial charge on any atom is 0.254 e. The molecule has 2 unspecified atom stereocenters. The van der Waals surface area contributed by atoms with Gasteiger partial charge in [-0.2, -0.15) is 4.91 Å². The van der Waals surface area contributed by atoms with E-state index >= 15 is 0 Å². The summed E-state index contributed by atoms with van der Waals surface area (Å²) < 4.78 is 0. The summed E-state index contributed by atoms with van der Waals surface area (Å²) in [4.78, 5) is 43.7. The fourth-order valence-electron chi connectivity index (χ4n) is 7.86. The van der Waals surface area contributed by atoms with Crippen LogP contribution in [0.2, 0.25) is 0 Å². The van der Waals surface area contributed by atoms with Crippen LogP contribution in [0.15, 0.2) is 78.0 Å². The van der Waals surface area contributed by atoms with Gasteiger partial charge in [0.25, 0.3) is 11.8 Å². The van der Waals surface area contributed by atoms with E-state index in [1.54, 1.807) is 4.90 Å². The second kappa shape index (κ2) is 19.4. The molecule has 10 heteroatoms. The van der Waals surface area contributed by atoms with Crippen molar-refractivity contribution in [2.24, 2.45) is 17.0 Å². The minimum Gasteiger partial charge on any atom is -0.396 e. The summed E-state index contributed by atoms with van der Waals surface area (Å²) in [6.45, 7) is 7.43. The molecule has 4 rings (SSSR count). The molecular formula is C43H59N3O7. The van der Waals surface area contributed by atoms with Crippen LogP contribution in [0.3, 0.4) is 0 Å². The lowest BCUT2D eigenvalue weighted by Crippen LogP contribution is -2.52. The smallest absolute Gasteiger partial charge is 0.254 e. The van der Waals surface area contributed by atoms with Crippen molar-refractivity contribution in [2.45, 2.75) is 96.2 Å². The lowest BCUT2D eigenvalue weighted by atomic mass is 9.88. The summed E-state index contributed by atoms with van der Waals surface area (Å²) in [7, 11) is 0. The number of hydrogen-bond acceptors (Lipinski definition) is 8. The second-order valence-corrected chi connectivity index (χ2v) is 15.3. The highest BCUT2D eigenvalue weighted by Gasteiger charge is 2.42. The molecule has 0 aliphatic heterocycles. The maximum absolute atomic E-state index is 14.5. The van der Waals surface area contributed by atoms with Gasteiger partial charge in [0.05, 0.1) is 18.2 Å². The van der Waals surface area contributed by atoms with E-state index in [1.807, 2.05) is 98.5 Å². The average Bonchev–Trinajstić information content (AvgIpc) is 3.67. The molecule has 1 aliphatic carbocycles. The SMILES string of the molecule is CCC1(N(CC(CO)CN=O)C(=O)c2ccccc2CCC(O)Cc2ccc(C)cc2C(=O)N(CC(CO)CO)C(C)(C)c2ccccc2)CCCC1. The predicted molar refractivity (Wildman–Crippen MR) is 208 cm³/mol. The first-order chi connectivity index (χ1) is 25.4. The zero-order valence-corrected chi connectivity index (χ0v) is 31.9. The largest absolute Gasteiger partial charge is 0.396 e. The fraction of sp³-hybridized carbons (Fsp3) is 0.535. The number of aryl methyl sites for hydroxylation is 2. The summed E-state index contributed by atoms with van der Waals surface area (Å²) in [5.74, 6) is -1.37. The van der Waals surface area contributed by atoms with Gasteiger partial charge >= 0.3 is 0 Å². The summed E-state index contributed by atoms with van der Waals surface area (Å²) in [5.41, 5.74) is 3.16. The Morgan fingerprint density at radius 2 is 1.47 bits per heavy atom. The van der Waals surface area contributed by atoms with E-state index in [2.05, 4.69) is 12.1 Å². The zero-order chi connectivity index (χ0) is 38.6. The van der Waals surface area contributed by atoms with Gasteiger partial charge in [-0.25, -0.2) is 0 Å². The van der Waals surface area contributed by atoms with Crippen LogP contribution in [0.25, 0.3) is 0 Å². The monoisotopic (exact) mass is 729 g/mol. The Bertz CT molecular complexity index is 1640. The lowest BCUT2D eigenvalue weighted by molar-refractivity contribution is 0.0356. The highest BCUT2D eigenvalue weighted by atomic mass is 16.3. The predicted octanol–water partition coefficient (Wildman–Crippen LogP) is 6.05. The second-order valence-electron chi connectivity index (χ2n) is 15.3. The normalized spacial score (nSPS) is 15.3. The number of rotatable bonds is 20. The van der Waals surface area contributed by atoms with Crippen molar-refractivity contribution in [3.8, 4) is 0 Å². The molecule has 1 saturated carbocycles. The fourth-order valence-corrected chi connectivity index (χ4v) is 7.86. The molecule has 53 heavy (non-hydrogen) atoms. The summed E-state index contributed by atoms with van der Waals surface area (Å²) in [6, 6.07) is 22.7. The van der Waals surface area contributed by atoms with E-state index in [0.29, 0.717) is 29.5 Å². The van der Waals surface area contributed by atoms with Crippen LogP contribution in [-0.2, 0) is 18.4 Å². The first-order valence-corrected chi connectivity index (χ1v) is 19.1. The van der Waals surface area contributed by atoms with Crippen LogP contribution in [0.4, 0.5) is 0 Å². The molecule has 1 fully saturated rings. The molecule has 3 aromatic rings. The number of amides is 2. The number of aliphatic hydroxyl groups excluding tert-OH is 4. The van der Waals surface area contributed by atoms with Gasteiger partial charge in [0.1, 0.15) is 0 Å². The summed E-state index contributed by atoms with van der Waals surface area (Å²) >= 11 is 0. The molecule has 0 spiro atoms. The number of aliphatic hydroxyl groups is 4. The molecule has 288 valence electrons. The number of carbonyl (C=O) groups excluding carboxylic acids is 2. The molecule has 10 nitrogen and oxygen atoms in total. The van der Waals surface area contributed by atoms with Gasteiger partial charge in [-0.3, -0.25) is 9.59 Å². The van der Waals surface area contributed by atoms with Gasteiger partial charge in [0.15, 0.2) is 0 Å². The first-order valence-electron chi connectivity index (χ1n) is 19.1. The minimum absolute atomic E-state index is 0.0671. The van der Waals surface area contributed by atoms with E-state index in [-0.39, 0.29) is 63.2 Å². The highest BCUT2D eigenvalue weighted by Crippen LogP contribution is 2.40. The molecule has 0 heterocycles. The number of nitrogens with zero attached hydrogens (tertiary/aromatic N) is 3. The highest BCUT2D eigenvalue weighted by molar-refractivity contribution is 5.97. The van der Waals surface area contributed by atoms with E-state index in [0.717, 1.165) is 48.8 Å². The Morgan fingerprint density at radius 1 is 0.830 bits per heavy atom. The Hall–Kier alpha value is -3.96. The van der Waals surface area contributed by atoms with Crippen LogP contribution in [0.1, 0.15) is 102 Å². The van der Waals surface area contributed by atoms with Crippen LogP contribution in [0.5, 0.6) is 0 Å².